The van der Waals surface area contributed by atoms with E-state index in [4.69, 9.17) is 9.47 Å². The summed E-state index contributed by atoms with van der Waals surface area (Å²) in [6.07, 6.45) is 5.45. The number of rotatable bonds is 7. The molecule has 0 saturated heterocycles. The van der Waals surface area contributed by atoms with Gasteiger partial charge < -0.3 is 9.47 Å². The van der Waals surface area contributed by atoms with Crippen LogP contribution in [0.2, 0.25) is 0 Å². The van der Waals surface area contributed by atoms with Crippen molar-refractivity contribution in [3.63, 3.8) is 0 Å². The van der Waals surface area contributed by atoms with E-state index < -0.39 is 0 Å². The first kappa shape index (κ1) is 16.8. The Hall–Kier alpha value is -2.57. The standard InChI is InChI=1S/C20H20O3/c1-2-3-6-13-22-14-7-8-15-23-20-12-11-17-9-4-5-10-18(17)19(20)16-21/h4-5,7-12,16H,2,13-15H2,1H3/b8-7-. The highest BCUT2D eigenvalue weighted by molar-refractivity contribution is 6.00. The second kappa shape index (κ2) is 9.45. The van der Waals surface area contributed by atoms with Crippen molar-refractivity contribution in [2.45, 2.75) is 13.3 Å². The molecule has 0 spiro atoms. The van der Waals surface area contributed by atoms with E-state index in [1.165, 1.54) is 0 Å². The Morgan fingerprint density at radius 1 is 1.04 bits per heavy atom. The highest BCUT2D eigenvalue weighted by atomic mass is 16.5. The molecule has 0 radical (unpaired) electrons. The van der Waals surface area contributed by atoms with Crippen LogP contribution in [0.4, 0.5) is 0 Å². The average molecular weight is 308 g/mol. The molecule has 3 heteroatoms. The lowest BCUT2D eigenvalue weighted by Gasteiger charge is -2.09. The highest BCUT2D eigenvalue weighted by Crippen LogP contribution is 2.26. The fourth-order valence-corrected chi connectivity index (χ4v) is 2.15. The molecular weight excluding hydrogens is 288 g/mol. The van der Waals surface area contributed by atoms with Crippen molar-refractivity contribution in [2.24, 2.45) is 0 Å². The van der Waals surface area contributed by atoms with E-state index in [1.807, 2.05) is 55.5 Å². The van der Waals surface area contributed by atoms with Crippen LogP contribution in [-0.2, 0) is 4.74 Å². The lowest BCUT2D eigenvalue weighted by molar-refractivity contribution is 0.112. The molecule has 118 valence electrons. The van der Waals surface area contributed by atoms with Crippen molar-refractivity contribution < 1.29 is 14.3 Å². The summed E-state index contributed by atoms with van der Waals surface area (Å²) in [5, 5.41) is 1.93. The van der Waals surface area contributed by atoms with Crippen molar-refractivity contribution >= 4 is 17.1 Å². The summed E-state index contributed by atoms with van der Waals surface area (Å²) in [7, 11) is 0. The van der Waals surface area contributed by atoms with Crippen LogP contribution in [0.3, 0.4) is 0 Å². The Kier molecular flexibility index (Phi) is 6.90. The van der Waals surface area contributed by atoms with Gasteiger partial charge in [0.2, 0.25) is 0 Å². The fraction of sp³-hybridized carbons (Fsp3) is 0.250. The first-order chi connectivity index (χ1) is 11.4. The molecule has 0 aliphatic carbocycles. The number of hydrogen-bond donors (Lipinski definition) is 0. The second-order valence-corrected chi connectivity index (χ2v) is 4.82. The number of ether oxygens (including phenoxy) is 2. The topological polar surface area (TPSA) is 35.5 Å². The van der Waals surface area contributed by atoms with E-state index in [-0.39, 0.29) is 0 Å². The number of carbonyl (C=O) groups excluding carboxylic acids is 1. The van der Waals surface area contributed by atoms with E-state index in [9.17, 15) is 4.79 Å². The van der Waals surface area contributed by atoms with Crippen molar-refractivity contribution in [2.75, 3.05) is 19.8 Å². The molecule has 0 aromatic heterocycles. The third kappa shape index (κ3) is 4.98. The van der Waals surface area contributed by atoms with Crippen molar-refractivity contribution in [3.05, 3.63) is 54.1 Å². The third-order valence-corrected chi connectivity index (χ3v) is 3.24. The van der Waals surface area contributed by atoms with Crippen LogP contribution >= 0.6 is 0 Å². The largest absolute Gasteiger partial charge is 0.489 e. The molecule has 0 unspecified atom stereocenters. The maximum Gasteiger partial charge on any atom is 0.154 e. The first-order valence-corrected chi connectivity index (χ1v) is 7.65. The molecule has 2 rings (SSSR count). The summed E-state index contributed by atoms with van der Waals surface area (Å²) in [4.78, 5) is 11.4. The van der Waals surface area contributed by atoms with E-state index in [1.54, 1.807) is 0 Å². The van der Waals surface area contributed by atoms with E-state index >= 15 is 0 Å². The summed E-state index contributed by atoms with van der Waals surface area (Å²) in [5.74, 6) is 6.45. The van der Waals surface area contributed by atoms with Crippen LogP contribution in [-0.4, -0.2) is 26.1 Å². The molecule has 3 nitrogen and oxygen atoms in total. The lowest BCUT2D eigenvalue weighted by Crippen LogP contribution is -1.99. The minimum absolute atomic E-state index is 0.392. The number of benzene rings is 2. The summed E-state index contributed by atoms with van der Waals surface area (Å²) in [5.41, 5.74) is 0.586. The van der Waals surface area contributed by atoms with Crippen LogP contribution in [0.5, 0.6) is 5.75 Å². The molecule has 0 fully saturated rings. The first-order valence-electron chi connectivity index (χ1n) is 7.65. The Labute approximate surface area is 136 Å². The van der Waals surface area contributed by atoms with Gasteiger partial charge in [-0.3, -0.25) is 4.79 Å². The second-order valence-electron chi connectivity index (χ2n) is 4.82. The SMILES string of the molecule is CCC#CCOC/C=C\COc1ccc2ccccc2c1C=O. The Bertz CT molecular complexity index is 735. The van der Waals surface area contributed by atoms with Gasteiger partial charge in [-0.05, 0) is 22.9 Å². The number of fused-ring (bicyclic) bond motifs is 1. The number of aldehydes is 1. The predicted octanol–water partition coefficient (Wildman–Crippen LogP) is 4.02. The molecule has 2 aromatic rings. The van der Waals surface area contributed by atoms with Gasteiger partial charge in [-0.25, -0.2) is 0 Å². The molecule has 0 heterocycles. The minimum atomic E-state index is 0.392. The van der Waals surface area contributed by atoms with Gasteiger partial charge in [-0.2, -0.15) is 0 Å². The highest BCUT2D eigenvalue weighted by Gasteiger charge is 2.07. The summed E-state index contributed by atoms with van der Waals surface area (Å²) in [6.45, 7) is 3.34. The normalized spacial score (nSPS) is 10.5. The Morgan fingerprint density at radius 2 is 1.87 bits per heavy atom. The Morgan fingerprint density at radius 3 is 2.70 bits per heavy atom. The zero-order chi connectivity index (χ0) is 16.3. The summed E-state index contributed by atoms with van der Waals surface area (Å²) in [6, 6.07) is 11.5. The van der Waals surface area contributed by atoms with Crippen LogP contribution in [0, 0.1) is 11.8 Å². The fourth-order valence-electron chi connectivity index (χ4n) is 2.15. The van der Waals surface area contributed by atoms with Gasteiger partial charge in [0.25, 0.3) is 0 Å². The molecule has 0 amide bonds. The minimum Gasteiger partial charge on any atom is -0.489 e. The van der Waals surface area contributed by atoms with Crippen molar-refractivity contribution in [1.82, 2.24) is 0 Å². The van der Waals surface area contributed by atoms with Gasteiger partial charge in [0.1, 0.15) is 19.0 Å². The summed E-state index contributed by atoms with van der Waals surface area (Å²) < 4.78 is 11.0. The quantitative estimate of drug-likeness (QED) is 0.335. The van der Waals surface area contributed by atoms with Crippen LogP contribution in [0.1, 0.15) is 23.7 Å². The predicted molar refractivity (Wildman–Crippen MR) is 92.9 cm³/mol. The van der Waals surface area contributed by atoms with E-state index in [0.29, 0.717) is 31.1 Å². The van der Waals surface area contributed by atoms with Gasteiger partial charge in [0.05, 0.1) is 12.2 Å². The molecule has 23 heavy (non-hydrogen) atoms. The molecule has 0 N–H and O–H groups in total. The van der Waals surface area contributed by atoms with Gasteiger partial charge in [0, 0.05) is 6.42 Å². The molecular formula is C20H20O3. The van der Waals surface area contributed by atoms with E-state index in [2.05, 4.69) is 11.8 Å². The maximum absolute atomic E-state index is 11.4. The van der Waals surface area contributed by atoms with Crippen LogP contribution in [0.25, 0.3) is 10.8 Å². The smallest absolute Gasteiger partial charge is 0.154 e. The van der Waals surface area contributed by atoms with Gasteiger partial charge >= 0.3 is 0 Å². The van der Waals surface area contributed by atoms with Gasteiger partial charge in [0.15, 0.2) is 6.29 Å². The number of carbonyl (C=O) groups is 1. The third-order valence-electron chi connectivity index (χ3n) is 3.24. The summed E-state index contributed by atoms with van der Waals surface area (Å²) >= 11 is 0. The van der Waals surface area contributed by atoms with Gasteiger partial charge in [-0.1, -0.05) is 49.3 Å². The zero-order valence-electron chi connectivity index (χ0n) is 13.2. The van der Waals surface area contributed by atoms with Gasteiger partial charge in [-0.15, -0.1) is 5.92 Å². The molecule has 2 aromatic carbocycles. The lowest BCUT2D eigenvalue weighted by atomic mass is 10.0. The zero-order valence-corrected chi connectivity index (χ0v) is 13.2. The van der Waals surface area contributed by atoms with Crippen LogP contribution in [0.15, 0.2) is 48.6 Å². The number of hydrogen-bond acceptors (Lipinski definition) is 3. The maximum atomic E-state index is 11.4. The average Bonchev–Trinajstić information content (AvgIpc) is 2.60. The molecule has 0 aliphatic heterocycles. The van der Waals surface area contributed by atoms with Crippen LogP contribution < -0.4 is 4.74 Å². The molecule has 0 saturated carbocycles. The Balaban J connectivity index is 1.88. The molecule has 0 aliphatic rings. The van der Waals surface area contributed by atoms with E-state index in [0.717, 1.165) is 23.5 Å². The van der Waals surface area contributed by atoms with Crippen molar-refractivity contribution in [3.8, 4) is 17.6 Å². The monoisotopic (exact) mass is 308 g/mol. The van der Waals surface area contributed by atoms with Crippen molar-refractivity contribution in [1.29, 1.82) is 0 Å². The molecule has 0 bridgehead atoms. The molecule has 0 atom stereocenters.